The van der Waals surface area contributed by atoms with Gasteiger partial charge < -0.3 is 4.84 Å². The molecule has 0 heterocycles. The van der Waals surface area contributed by atoms with E-state index in [1.807, 2.05) is 6.92 Å². The van der Waals surface area contributed by atoms with Gasteiger partial charge in [-0.15, -0.1) is 0 Å². The molecule has 0 aliphatic heterocycles. The Labute approximate surface area is 48.2 Å². The van der Waals surface area contributed by atoms with Crippen molar-refractivity contribution in [3.63, 3.8) is 0 Å². The van der Waals surface area contributed by atoms with Gasteiger partial charge in [-0.2, -0.15) is 0 Å². The van der Waals surface area contributed by atoms with E-state index >= 15 is 0 Å². The lowest BCUT2D eigenvalue weighted by atomic mass is 10.6. The maximum atomic E-state index is 4.61. The fourth-order valence-electron chi connectivity index (χ4n) is 0.188. The summed E-state index contributed by atoms with van der Waals surface area (Å²) >= 11 is 0. The third kappa shape index (κ3) is 5.39. The van der Waals surface area contributed by atoms with Crippen molar-refractivity contribution in [1.29, 1.82) is 0 Å². The van der Waals surface area contributed by atoms with Crippen LogP contribution in [0.4, 0.5) is 0 Å². The number of nitrogens with zero attached hydrogens (tertiary/aromatic N) is 1. The van der Waals surface area contributed by atoms with Crippen molar-refractivity contribution in [2.75, 3.05) is 6.79 Å². The average Bonchev–Trinajstić information content (AvgIpc) is 1.81. The predicted molar refractivity (Wildman–Crippen MR) is 30.0 cm³/mol. The minimum Gasteiger partial charge on any atom is -0.366 e. The van der Waals surface area contributed by atoms with Crippen molar-refractivity contribution in [1.82, 2.24) is 0 Å². The highest BCUT2D eigenvalue weighted by Gasteiger charge is 1.72. The van der Waals surface area contributed by atoms with E-state index in [1.54, 1.807) is 6.21 Å². The molecular weight excluding hydrogens is 108 g/mol. The quantitative estimate of drug-likeness (QED) is 0.249. The summed E-state index contributed by atoms with van der Waals surface area (Å²) in [5.41, 5.74) is 0. The molecular formula is C4H10N2O2. The van der Waals surface area contributed by atoms with Crippen molar-refractivity contribution in [2.45, 2.75) is 13.3 Å². The van der Waals surface area contributed by atoms with E-state index in [4.69, 9.17) is 0 Å². The van der Waals surface area contributed by atoms with Crippen LogP contribution >= 0.6 is 0 Å². The standard InChI is InChI=1S/C4H10N2O2/c1-2-3-6-8-4-7-5/h3H,2,4-5H2,1H3/b6-3-. The van der Waals surface area contributed by atoms with Crippen molar-refractivity contribution in [2.24, 2.45) is 11.1 Å². The summed E-state index contributed by atoms with van der Waals surface area (Å²) in [6, 6.07) is 0. The molecule has 4 heteroatoms. The van der Waals surface area contributed by atoms with Gasteiger partial charge >= 0.3 is 0 Å². The van der Waals surface area contributed by atoms with E-state index in [9.17, 15) is 0 Å². The number of rotatable bonds is 4. The van der Waals surface area contributed by atoms with E-state index in [0.29, 0.717) is 0 Å². The number of hydrogen-bond donors (Lipinski definition) is 1. The maximum absolute atomic E-state index is 4.61. The molecule has 0 fully saturated rings. The molecule has 2 N–H and O–H groups in total. The zero-order chi connectivity index (χ0) is 6.24. The van der Waals surface area contributed by atoms with Crippen LogP contribution < -0.4 is 5.90 Å². The SMILES string of the molecule is CC/C=N\OCON. The number of oxime groups is 1. The Bertz CT molecular complexity index is 65.1. The van der Waals surface area contributed by atoms with Crippen LogP contribution in [0.5, 0.6) is 0 Å². The van der Waals surface area contributed by atoms with Crippen molar-refractivity contribution < 1.29 is 9.68 Å². The maximum Gasteiger partial charge on any atom is 0.233 e. The van der Waals surface area contributed by atoms with Gasteiger partial charge in [-0.3, -0.25) is 4.84 Å². The van der Waals surface area contributed by atoms with E-state index in [2.05, 4.69) is 20.7 Å². The van der Waals surface area contributed by atoms with Gasteiger partial charge in [0.2, 0.25) is 6.79 Å². The van der Waals surface area contributed by atoms with Crippen LogP contribution in [0, 0.1) is 0 Å². The summed E-state index contributed by atoms with van der Waals surface area (Å²) in [6.45, 7) is 1.96. The first-order chi connectivity index (χ1) is 3.91. The first-order valence-electron chi connectivity index (χ1n) is 2.37. The molecule has 0 rings (SSSR count). The Morgan fingerprint density at radius 2 is 2.50 bits per heavy atom. The highest BCUT2D eigenvalue weighted by Crippen LogP contribution is 1.73. The molecule has 0 atom stereocenters. The molecule has 0 aliphatic carbocycles. The van der Waals surface area contributed by atoms with Crippen LogP contribution in [0.3, 0.4) is 0 Å². The van der Waals surface area contributed by atoms with Gasteiger partial charge in [-0.05, 0) is 6.42 Å². The molecule has 0 aromatic heterocycles. The predicted octanol–water partition coefficient (Wildman–Crippen LogP) is 0.247. The van der Waals surface area contributed by atoms with E-state index in [1.165, 1.54) is 0 Å². The Kier molecular flexibility index (Phi) is 5.90. The molecule has 0 spiro atoms. The second-order valence-corrected chi connectivity index (χ2v) is 1.11. The minimum absolute atomic E-state index is 0.0104. The smallest absolute Gasteiger partial charge is 0.233 e. The van der Waals surface area contributed by atoms with Gasteiger partial charge in [0.25, 0.3) is 0 Å². The normalized spacial score (nSPS) is 10.2. The molecule has 4 nitrogen and oxygen atoms in total. The minimum atomic E-state index is 0.0104. The third-order valence-electron chi connectivity index (χ3n) is 0.452. The second-order valence-electron chi connectivity index (χ2n) is 1.11. The lowest BCUT2D eigenvalue weighted by Crippen LogP contribution is -2.01. The van der Waals surface area contributed by atoms with Gasteiger partial charge in [-0.1, -0.05) is 12.1 Å². The largest absolute Gasteiger partial charge is 0.366 e. The van der Waals surface area contributed by atoms with Crippen molar-refractivity contribution in [3.8, 4) is 0 Å². The molecule has 0 aliphatic rings. The molecule has 8 heavy (non-hydrogen) atoms. The first kappa shape index (κ1) is 7.39. The Hall–Kier alpha value is -0.610. The third-order valence-corrected chi connectivity index (χ3v) is 0.452. The Morgan fingerprint density at radius 1 is 1.75 bits per heavy atom. The van der Waals surface area contributed by atoms with Crippen LogP contribution in [0.1, 0.15) is 13.3 Å². The molecule has 0 radical (unpaired) electrons. The molecule has 0 bridgehead atoms. The zero-order valence-corrected chi connectivity index (χ0v) is 4.83. The molecule has 0 saturated carbocycles. The van der Waals surface area contributed by atoms with Crippen molar-refractivity contribution in [3.05, 3.63) is 0 Å². The molecule has 0 unspecified atom stereocenters. The molecule has 0 aromatic rings. The van der Waals surface area contributed by atoms with Crippen LogP contribution in [0.25, 0.3) is 0 Å². The summed E-state index contributed by atoms with van der Waals surface area (Å²) in [6.07, 6.45) is 2.48. The fourth-order valence-corrected chi connectivity index (χ4v) is 0.188. The zero-order valence-electron chi connectivity index (χ0n) is 4.83. The van der Waals surface area contributed by atoms with Gasteiger partial charge in [0, 0.05) is 6.21 Å². The van der Waals surface area contributed by atoms with Crippen LogP contribution in [-0.4, -0.2) is 13.0 Å². The number of hydrogen-bond acceptors (Lipinski definition) is 4. The summed E-state index contributed by atoms with van der Waals surface area (Å²) in [5, 5.41) is 3.45. The first-order valence-corrected chi connectivity index (χ1v) is 2.37. The van der Waals surface area contributed by atoms with Crippen LogP contribution in [-0.2, 0) is 9.68 Å². The fraction of sp³-hybridized carbons (Fsp3) is 0.750. The summed E-state index contributed by atoms with van der Waals surface area (Å²) in [4.78, 5) is 8.50. The van der Waals surface area contributed by atoms with Crippen LogP contribution in [0.2, 0.25) is 0 Å². The second kappa shape index (κ2) is 6.39. The van der Waals surface area contributed by atoms with Gasteiger partial charge in [0.15, 0.2) is 0 Å². The average molecular weight is 118 g/mol. The van der Waals surface area contributed by atoms with Gasteiger partial charge in [0.1, 0.15) is 0 Å². The molecule has 0 saturated heterocycles. The highest BCUT2D eigenvalue weighted by molar-refractivity contribution is 5.55. The topological polar surface area (TPSA) is 56.8 Å². The highest BCUT2D eigenvalue weighted by atomic mass is 16.8. The lowest BCUT2D eigenvalue weighted by molar-refractivity contribution is -0.0534. The van der Waals surface area contributed by atoms with E-state index in [-0.39, 0.29) is 6.79 Å². The van der Waals surface area contributed by atoms with Crippen LogP contribution in [0.15, 0.2) is 5.16 Å². The van der Waals surface area contributed by atoms with Gasteiger partial charge in [-0.25, -0.2) is 5.90 Å². The van der Waals surface area contributed by atoms with E-state index in [0.717, 1.165) is 6.42 Å². The summed E-state index contributed by atoms with van der Waals surface area (Å²) in [5.74, 6) is 4.61. The van der Waals surface area contributed by atoms with Crippen molar-refractivity contribution >= 4 is 6.21 Å². The van der Waals surface area contributed by atoms with E-state index < -0.39 is 0 Å². The lowest BCUT2D eigenvalue weighted by Gasteiger charge is -1.91. The molecule has 48 valence electrons. The Morgan fingerprint density at radius 3 is 3.00 bits per heavy atom. The monoisotopic (exact) mass is 118 g/mol. The summed E-state index contributed by atoms with van der Waals surface area (Å²) in [7, 11) is 0. The number of nitrogens with two attached hydrogens (primary N) is 1. The Balaban J connectivity index is 2.80. The summed E-state index contributed by atoms with van der Waals surface area (Å²) < 4.78 is 0. The van der Waals surface area contributed by atoms with Gasteiger partial charge in [0.05, 0.1) is 0 Å². The molecule has 0 aromatic carbocycles. The molecule has 0 amide bonds.